The first-order chi connectivity index (χ1) is 11.7. The first-order valence-electron chi connectivity index (χ1n) is 7.97. The summed E-state index contributed by atoms with van der Waals surface area (Å²) in [7, 11) is 0. The molecule has 0 saturated heterocycles. The molecule has 132 valence electrons. The minimum atomic E-state index is -4.56. The lowest BCUT2D eigenvalue weighted by Gasteiger charge is -2.26. The number of rotatable bonds is 4. The van der Waals surface area contributed by atoms with E-state index in [2.05, 4.69) is 21.2 Å². The average Bonchev–Trinajstić information content (AvgIpc) is 3.36. The van der Waals surface area contributed by atoms with Crippen LogP contribution in [0.5, 0.6) is 0 Å². The highest BCUT2D eigenvalue weighted by Crippen LogP contribution is 2.51. The molecule has 0 radical (unpaired) electrons. The van der Waals surface area contributed by atoms with E-state index in [-0.39, 0.29) is 17.0 Å². The minimum absolute atomic E-state index is 0.205. The number of alkyl halides is 3. The summed E-state index contributed by atoms with van der Waals surface area (Å²) in [6, 6.07) is 12.5. The predicted molar refractivity (Wildman–Crippen MR) is 93.4 cm³/mol. The summed E-state index contributed by atoms with van der Waals surface area (Å²) in [4.78, 5) is 12.5. The van der Waals surface area contributed by atoms with Crippen molar-refractivity contribution in [1.29, 1.82) is 0 Å². The molecule has 0 spiro atoms. The summed E-state index contributed by atoms with van der Waals surface area (Å²) < 4.78 is 40.3. The Morgan fingerprint density at radius 2 is 1.72 bits per heavy atom. The maximum atomic E-state index is 13.1. The van der Waals surface area contributed by atoms with E-state index in [1.807, 2.05) is 31.2 Å². The predicted octanol–water partition coefficient (Wildman–Crippen LogP) is 5.32. The molecule has 1 fully saturated rings. The van der Waals surface area contributed by atoms with Crippen LogP contribution in [0.1, 0.15) is 41.3 Å². The molecule has 1 unspecified atom stereocenters. The van der Waals surface area contributed by atoms with Crippen LogP contribution in [0.4, 0.5) is 13.2 Å². The van der Waals surface area contributed by atoms with Gasteiger partial charge in [0, 0.05) is 15.9 Å². The maximum Gasteiger partial charge on any atom is 0.417 e. The van der Waals surface area contributed by atoms with Crippen molar-refractivity contribution in [3.8, 4) is 0 Å². The molecule has 1 aliphatic carbocycles. The lowest BCUT2D eigenvalue weighted by molar-refractivity contribution is -0.137. The number of hydrogen-bond acceptors (Lipinski definition) is 1. The molecular formula is C19H17BrF3NO. The number of hydrogen-bond donors (Lipinski definition) is 1. The van der Waals surface area contributed by atoms with Crippen LogP contribution in [-0.4, -0.2) is 11.9 Å². The Hall–Kier alpha value is -1.82. The third kappa shape index (κ3) is 3.59. The van der Waals surface area contributed by atoms with Crippen molar-refractivity contribution < 1.29 is 18.0 Å². The van der Waals surface area contributed by atoms with Gasteiger partial charge in [-0.25, -0.2) is 0 Å². The molecular weight excluding hydrogens is 395 g/mol. The van der Waals surface area contributed by atoms with Crippen LogP contribution in [0, 0.1) is 0 Å². The molecule has 2 aromatic rings. The molecule has 0 aliphatic heterocycles. The zero-order valence-electron chi connectivity index (χ0n) is 13.5. The second kappa shape index (κ2) is 6.48. The molecule has 1 atom stereocenters. The molecule has 2 aromatic carbocycles. The second-order valence-corrected chi connectivity index (χ2v) is 7.32. The molecule has 1 saturated carbocycles. The summed E-state index contributed by atoms with van der Waals surface area (Å²) >= 11 is 3.39. The molecule has 1 N–H and O–H groups in total. The Morgan fingerprint density at radius 3 is 2.28 bits per heavy atom. The molecule has 1 amide bonds. The Labute approximate surface area is 152 Å². The summed E-state index contributed by atoms with van der Waals surface area (Å²) in [5.74, 6) is -0.691. The van der Waals surface area contributed by atoms with Crippen LogP contribution in [0.2, 0.25) is 0 Å². The monoisotopic (exact) mass is 411 g/mol. The summed E-state index contributed by atoms with van der Waals surface area (Å²) in [6.07, 6.45) is -2.76. The topological polar surface area (TPSA) is 29.1 Å². The van der Waals surface area contributed by atoms with Crippen LogP contribution >= 0.6 is 15.9 Å². The van der Waals surface area contributed by atoms with Gasteiger partial charge in [-0.3, -0.25) is 4.79 Å². The minimum Gasteiger partial charge on any atom is -0.349 e. The molecule has 0 heterocycles. The zero-order chi connectivity index (χ0) is 18.2. The lowest BCUT2D eigenvalue weighted by atomic mass is 9.88. The van der Waals surface area contributed by atoms with Crippen molar-refractivity contribution in [3.63, 3.8) is 0 Å². The number of amides is 1. The second-order valence-electron chi connectivity index (χ2n) is 6.40. The summed E-state index contributed by atoms with van der Waals surface area (Å²) in [5, 5.41) is 2.77. The molecule has 25 heavy (non-hydrogen) atoms. The Morgan fingerprint density at radius 1 is 1.12 bits per heavy atom. The SMILES string of the molecule is CC(NC(=O)c1ccccc1C(F)(F)F)C1(c2ccc(Br)cc2)CC1. The van der Waals surface area contributed by atoms with Gasteiger partial charge in [0.25, 0.3) is 5.91 Å². The highest BCUT2D eigenvalue weighted by Gasteiger charge is 2.49. The van der Waals surface area contributed by atoms with Crippen molar-refractivity contribution in [1.82, 2.24) is 5.32 Å². The van der Waals surface area contributed by atoms with Gasteiger partial charge < -0.3 is 5.32 Å². The summed E-state index contributed by atoms with van der Waals surface area (Å²) in [6.45, 7) is 1.85. The van der Waals surface area contributed by atoms with Gasteiger partial charge >= 0.3 is 6.18 Å². The van der Waals surface area contributed by atoms with Crippen molar-refractivity contribution in [2.75, 3.05) is 0 Å². The Bertz CT molecular complexity index is 782. The van der Waals surface area contributed by atoms with Gasteiger partial charge in [0.1, 0.15) is 0 Å². The molecule has 3 rings (SSSR count). The van der Waals surface area contributed by atoms with Crippen LogP contribution < -0.4 is 5.32 Å². The third-order valence-electron chi connectivity index (χ3n) is 4.86. The first kappa shape index (κ1) is 18.0. The van der Waals surface area contributed by atoms with Crippen molar-refractivity contribution in [3.05, 3.63) is 69.7 Å². The van der Waals surface area contributed by atoms with E-state index in [0.717, 1.165) is 28.9 Å². The van der Waals surface area contributed by atoms with Gasteiger partial charge in [-0.15, -0.1) is 0 Å². The fourth-order valence-corrected chi connectivity index (χ4v) is 3.49. The van der Waals surface area contributed by atoms with E-state index in [1.165, 1.54) is 18.2 Å². The quantitative estimate of drug-likeness (QED) is 0.724. The number of carbonyl (C=O) groups excluding carboxylic acids is 1. The van der Waals surface area contributed by atoms with Gasteiger partial charge in [-0.05, 0) is 49.6 Å². The normalized spacial score (nSPS) is 17.0. The molecule has 2 nitrogen and oxygen atoms in total. The number of carbonyl (C=O) groups is 1. The van der Waals surface area contributed by atoms with Crippen LogP contribution in [0.25, 0.3) is 0 Å². The van der Waals surface area contributed by atoms with Crippen molar-refractivity contribution >= 4 is 21.8 Å². The van der Waals surface area contributed by atoms with Gasteiger partial charge in [0.2, 0.25) is 0 Å². The standard InChI is InChI=1S/C19H17BrF3NO/c1-12(18(10-11-18)13-6-8-14(20)9-7-13)24-17(25)15-4-2-3-5-16(15)19(21,22)23/h2-9,12H,10-11H2,1H3,(H,24,25). The maximum absolute atomic E-state index is 13.1. The van der Waals surface area contributed by atoms with E-state index in [9.17, 15) is 18.0 Å². The lowest BCUT2D eigenvalue weighted by Crippen LogP contribution is -2.41. The highest BCUT2D eigenvalue weighted by molar-refractivity contribution is 9.10. The average molecular weight is 412 g/mol. The van der Waals surface area contributed by atoms with Gasteiger partial charge in [-0.2, -0.15) is 13.2 Å². The van der Waals surface area contributed by atoms with E-state index >= 15 is 0 Å². The fraction of sp³-hybridized carbons (Fsp3) is 0.316. The molecule has 0 aromatic heterocycles. The molecule has 6 heteroatoms. The van der Waals surface area contributed by atoms with Gasteiger partial charge in [0.05, 0.1) is 11.1 Å². The Kier molecular flexibility index (Phi) is 4.66. The van der Waals surface area contributed by atoms with Crippen LogP contribution in [-0.2, 0) is 11.6 Å². The highest BCUT2D eigenvalue weighted by atomic mass is 79.9. The van der Waals surface area contributed by atoms with Crippen LogP contribution in [0.3, 0.4) is 0 Å². The Balaban J connectivity index is 1.81. The van der Waals surface area contributed by atoms with Crippen molar-refractivity contribution in [2.24, 2.45) is 0 Å². The smallest absolute Gasteiger partial charge is 0.349 e. The largest absolute Gasteiger partial charge is 0.417 e. The van der Waals surface area contributed by atoms with Crippen molar-refractivity contribution in [2.45, 2.75) is 37.4 Å². The van der Waals surface area contributed by atoms with E-state index in [1.54, 1.807) is 0 Å². The van der Waals surface area contributed by atoms with E-state index in [4.69, 9.17) is 0 Å². The fourth-order valence-electron chi connectivity index (χ4n) is 3.23. The first-order valence-corrected chi connectivity index (χ1v) is 8.76. The van der Waals surface area contributed by atoms with E-state index in [0.29, 0.717) is 0 Å². The molecule has 0 bridgehead atoms. The zero-order valence-corrected chi connectivity index (χ0v) is 15.1. The number of nitrogens with one attached hydrogen (secondary N) is 1. The van der Waals surface area contributed by atoms with Gasteiger partial charge in [-0.1, -0.05) is 40.2 Å². The van der Waals surface area contributed by atoms with Crippen LogP contribution in [0.15, 0.2) is 53.0 Å². The number of benzene rings is 2. The third-order valence-corrected chi connectivity index (χ3v) is 5.39. The van der Waals surface area contributed by atoms with Gasteiger partial charge in [0.15, 0.2) is 0 Å². The van der Waals surface area contributed by atoms with E-state index < -0.39 is 17.6 Å². The number of halogens is 4. The summed E-state index contributed by atoms with van der Waals surface area (Å²) in [5.41, 5.74) is -0.363. The molecule has 1 aliphatic rings.